The van der Waals surface area contributed by atoms with Crippen molar-refractivity contribution in [1.29, 1.82) is 0 Å². The van der Waals surface area contributed by atoms with E-state index in [0.29, 0.717) is 10.8 Å². The first-order valence-corrected chi connectivity index (χ1v) is 10.4. The molecule has 0 radical (unpaired) electrons. The van der Waals surface area contributed by atoms with Gasteiger partial charge in [-0.1, -0.05) is 36.2 Å². The SMILES string of the molecule is Cc1ccc(C23C[C@@H]4C[C@@H](CC(CN5CCCCC5)(C4)C2)C3)cc1. The van der Waals surface area contributed by atoms with E-state index < -0.39 is 0 Å². The summed E-state index contributed by atoms with van der Waals surface area (Å²) in [6.07, 6.45) is 13.4. The van der Waals surface area contributed by atoms with Crippen molar-refractivity contribution in [3.63, 3.8) is 0 Å². The van der Waals surface area contributed by atoms with E-state index in [1.807, 2.05) is 0 Å². The summed E-state index contributed by atoms with van der Waals surface area (Å²) in [7, 11) is 0. The number of piperidine rings is 1. The molecule has 6 rings (SSSR count). The smallest absolute Gasteiger partial charge is 0.00385 e. The molecule has 1 aliphatic heterocycles. The van der Waals surface area contributed by atoms with Gasteiger partial charge in [-0.3, -0.25) is 0 Å². The first kappa shape index (κ1) is 15.4. The van der Waals surface area contributed by atoms with Crippen LogP contribution in [0.2, 0.25) is 0 Å². The molecule has 1 aromatic carbocycles. The van der Waals surface area contributed by atoms with E-state index in [1.54, 1.807) is 5.56 Å². The fraction of sp³-hybridized carbons (Fsp3) is 0.739. The Morgan fingerprint density at radius 1 is 0.917 bits per heavy atom. The highest BCUT2D eigenvalue weighted by Crippen LogP contribution is 2.65. The quantitative estimate of drug-likeness (QED) is 0.728. The van der Waals surface area contributed by atoms with Crippen molar-refractivity contribution >= 4 is 0 Å². The van der Waals surface area contributed by atoms with Crippen molar-refractivity contribution in [1.82, 2.24) is 4.90 Å². The molecule has 1 saturated heterocycles. The van der Waals surface area contributed by atoms with Gasteiger partial charge >= 0.3 is 0 Å². The van der Waals surface area contributed by atoms with E-state index in [4.69, 9.17) is 0 Å². The van der Waals surface area contributed by atoms with Crippen LogP contribution in [0, 0.1) is 24.2 Å². The summed E-state index contributed by atoms with van der Waals surface area (Å²) >= 11 is 0. The number of rotatable bonds is 3. The summed E-state index contributed by atoms with van der Waals surface area (Å²) in [6, 6.07) is 9.64. The molecule has 1 heterocycles. The number of nitrogens with zero attached hydrogens (tertiary/aromatic N) is 1. The molecule has 5 aliphatic rings. The zero-order valence-corrected chi connectivity index (χ0v) is 15.4. The molecule has 0 N–H and O–H groups in total. The van der Waals surface area contributed by atoms with Crippen molar-refractivity contribution in [2.24, 2.45) is 17.3 Å². The summed E-state index contributed by atoms with van der Waals surface area (Å²) in [5.74, 6) is 2.02. The second kappa shape index (κ2) is 5.59. The molecule has 4 saturated carbocycles. The number of aryl methyl sites for hydroxylation is 1. The van der Waals surface area contributed by atoms with E-state index in [-0.39, 0.29) is 0 Å². The summed E-state index contributed by atoms with van der Waals surface area (Å²) < 4.78 is 0. The van der Waals surface area contributed by atoms with Crippen LogP contribution in [0.3, 0.4) is 0 Å². The minimum Gasteiger partial charge on any atom is -0.303 e. The van der Waals surface area contributed by atoms with Crippen LogP contribution in [0.5, 0.6) is 0 Å². The first-order valence-electron chi connectivity index (χ1n) is 10.4. The Hall–Kier alpha value is -0.820. The molecule has 1 heteroatoms. The van der Waals surface area contributed by atoms with Gasteiger partial charge in [-0.05, 0) is 99.6 Å². The molecule has 24 heavy (non-hydrogen) atoms. The lowest BCUT2D eigenvalue weighted by Gasteiger charge is -2.63. The zero-order chi connectivity index (χ0) is 16.2. The first-order chi connectivity index (χ1) is 11.6. The molecular weight excluding hydrogens is 290 g/mol. The average molecular weight is 324 g/mol. The van der Waals surface area contributed by atoms with E-state index in [9.17, 15) is 0 Å². The third-order valence-electron chi connectivity index (χ3n) is 7.85. The standard InChI is InChI=1S/C23H33N/c1-18-5-7-21(8-6-18)23-14-19-11-20(15-23)13-22(12-19,16-23)17-24-9-3-2-4-10-24/h5-8,19-20H,2-4,9-17H2,1H3/t19-,20+,22?,23?. The van der Waals surface area contributed by atoms with Gasteiger partial charge in [-0.2, -0.15) is 0 Å². The molecular formula is C23H33N. The maximum atomic E-state index is 2.83. The fourth-order valence-corrected chi connectivity index (χ4v) is 7.47. The van der Waals surface area contributed by atoms with E-state index in [0.717, 1.165) is 11.8 Å². The molecule has 2 unspecified atom stereocenters. The van der Waals surface area contributed by atoms with Crippen molar-refractivity contribution in [2.45, 2.75) is 70.1 Å². The van der Waals surface area contributed by atoms with Crippen LogP contribution in [0.25, 0.3) is 0 Å². The second-order valence-corrected chi connectivity index (χ2v) is 9.94. The predicted octanol–water partition coefficient (Wildman–Crippen LogP) is 5.32. The molecule has 4 atom stereocenters. The Kier molecular flexibility index (Phi) is 3.60. The summed E-state index contributed by atoms with van der Waals surface area (Å²) in [4.78, 5) is 2.83. The van der Waals surface area contributed by atoms with Crippen molar-refractivity contribution in [2.75, 3.05) is 19.6 Å². The number of likely N-dealkylation sites (tertiary alicyclic amines) is 1. The van der Waals surface area contributed by atoms with Gasteiger partial charge in [0.15, 0.2) is 0 Å². The number of benzene rings is 1. The summed E-state index contributed by atoms with van der Waals surface area (Å²) in [5.41, 5.74) is 4.25. The predicted molar refractivity (Wildman–Crippen MR) is 100 cm³/mol. The Labute approximate surface area is 147 Å². The van der Waals surface area contributed by atoms with Gasteiger partial charge in [-0.15, -0.1) is 0 Å². The van der Waals surface area contributed by atoms with Gasteiger partial charge in [0, 0.05) is 6.54 Å². The van der Waals surface area contributed by atoms with Gasteiger partial charge in [0.2, 0.25) is 0 Å². The fourth-order valence-electron chi connectivity index (χ4n) is 7.47. The Morgan fingerprint density at radius 2 is 1.58 bits per heavy atom. The van der Waals surface area contributed by atoms with E-state index in [1.165, 1.54) is 83.0 Å². The third kappa shape index (κ3) is 2.55. The number of hydrogen-bond acceptors (Lipinski definition) is 1. The van der Waals surface area contributed by atoms with Crippen LogP contribution in [0.4, 0.5) is 0 Å². The Balaban J connectivity index is 1.45. The monoisotopic (exact) mass is 323 g/mol. The van der Waals surface area contributed by atoms with E-state index >= 15 is 0 Å². The molecule has 0 aromatic heterocycles. The highest BCUT2D eigenvalue weighted by atomic mass is 15.1. The van der Waals surface area contributed by atoms with Crippen LogP contribution in [-0.2, 0) is 5.41 Å². The van der Waals surface area contributed by atoms with Gasteiger partial charge in [0.1, 0.15) is 0 Å². The molecule has 0 spiro atoms. The average Bonchev–Trinajstić information content (AvgIpc) is 2.54. The zero-order valence-electron chi connectivity index (χ0n) is 15.4. The lowest BCUT2D eigenvalue weighted by Crippen LogP contribution is -2.57. The highest BCUT2D eigenvalue weighted by molar-refractivity contribution is 5.32. The molecule has 130 valence electrons. The van der Waals surface area contributed by atoms with Crippen molar-refractivity contribution in [3.8, 4) is 0 Å². The molecule has 5 fully saturated rings. The molecule has 4 bridgehead atoms. The largest absolute Gasteiger partial charge is 0.303 e. The summed E-state index contributed by atoms with van der Waals surface area (Å²) in [5, 5.41) is 0. The second-order valence-electron chi connectivity index (χ2n) is 9.94. The molecule has 4 aliphatic carbocycles. The Morgan fingerprint density at radius 3 is 2.25 bits per heavy atom. The minimum atomic E-state index is 0.521. The lowest BCUT2D eigenvalue weighted by atomic mass is 9.43. The van der Waals surface area contributed by atoms with Crippen molar-refractivity contribution in [3.05, 3.63) is 35.4 Å². The highest BCUT2D eigenvalue weighted by Gasteiger charge is 2.58. The van der Waals surface area contributed by atoms with E-state index in [2.05, 4.69) is 36.1 Å². The normalized spacial score (nSPS) is 41.7. The molecule has 1 nitrogen and oxygen atoms in total. The number of hydrogen-bond donors (Lipinski definition) is 0. The third-order valence-corrected chi connectivity index (χ3v) is 7.85. The maximum Gasteiger partial charge on any atom is 0.00385 e. The van der Waals surface area contributed by atoms with Gasteiger partial charge in [-0.25, -0.2) is 0 Å². The van der Waals surface area contributed by atoms with Crippen LogP contribution < -0.4 is 0 Å². The lowest BCUT2D eigenvalue weighted by molar-refractivity contribution is -0.0877. The van der Waals surface area contributed by atoms with Crippen molar-refractivity contribution < 1.29 is 0 Å². The van der Waals surface area contributed by atoms with Crippen LogP contribution in [-0.4, -0.2) is 24.5 Å². The minimum absolute atomic E-state index is 0.521. The van der Waals surface area contributed by atoms with Gasteiger partial charge in [0.25, 0.3) is 0 Å². The molecule has 1 aromatic rings. The van der Waals surface area contributed by atoms with Crippen LogP contribution in [0.1, 0.15) is 68.9 Å². The topological polar surface area (TPSA) is 3.24 Å². The Bertz CT molecular complexity index is 581. The van der Waals surface area contributed by atoms with Crippen LogP contribution in [0.15, 0.2) is 24.3 Å². The maximum absolute atomic E-state index is 2.83. The van der Waals surface area contributed by atoms with Crippen LogP contribution >= 0.6 is 0 Å². The molecule has 0 amide bonds. The summed E-state index contributed by atoms with van der Waals surface area (Å²) in [6.45, 7) is 6.37. The van der Waals surface area contributed by atoms with Gasteiger partial charge < -0.3 is 4.90 Å². The van der Waals surface area contributed by atoms with Gasteiger partial charge in [0.05, 0.1) is 0 Å².